The van der Waals surface area contributed by atoms with Crippen LogP contribution in [0.2, 0.25) is 0 Å². The van der Waals surface area contributed by atoms with E-state index in [1.165, 1.54) is 23.7 Å². The highest BCUT2D eigenvalue weighted by molar-refractivity contribution is 14.1. The van der Waals surface area contributed by atoms with Gasteiger partial charge in [-0.15, -0.1) is 0 Å². The maximum atomic E-state index is 11.4. The summed E-state index contributed by atoms with van der Waals surface area (Å²) >= 11 is 2.41. The number of hydrogen-bond acceptors (Lipinski definition) is 4. The van der Waals surface area contributed by atoms with Crippen LogP contribution in [0.1, 0.15) is 59.3 Å². The van der Waals surface area contributed by atoms with Crippen molar-refractivity contribution in [1.29, 1.82) is 0 Å². The van der Waals surface area contributed by atoms with Gasteiger partial charge in [-0.2, -0.15) is 0 Å². The largest absolute Gasteiger partial charge is 0.458 e. The quantitative estimate of drug-likeness (QED) is 0.197. The van der Waals surface area contributed by atoms with Gasteiger partial charge in [-0.05, 0) is 57.3 Å². The van der Waals surface area contributed by atoms with Crippen molar-refractivity contribution in [3.05, 3.63) is 0 Å². The number of hydrogen-bond donors (Lipinski definition) is 0. The Bertz CT molecular complexity index is 251. The molecule has 5 heteroatoms. The van der Waals surface area contributed by atoms with E-state index in [4.69, 9.17) is 14.2 Å². The smallest absolute Gasteiger partial charge is 0.332 e. The van der Waals surface area contributed by atoms with Gasteiger partial charge in [-0.1, -0.05) is 29.0 Å². The van der Waals surface area contributed by atoms with Crippen LogP contribution in [0.5, 0.6) is 0 Å². The molecule has 0 radical (unpaired) electrons. The average Bonchev–Trinajstić information content (AvgIpc) is 2.38. The second kappa shape index (κ2) is 13.8. The van der Waals surface area contributed by atoms with Gasteiger partial charge in [-0.3, -0.25) is 0 Å². The number of esters is 1. The molecule has 0 saturated heterocycles. The SMILES string of the molecule is CC(C)(C)OC(=O)COCCCCCOCCCCCI. The molecule has 0 bridgehead atoms. The minimum atomic E-state index is -0.436. The van der Waals surface area contributed by atoms with Gasteiger partial charge in [0.25, 0.3) is 0 Å². The highest BCUT2D eigenvalue weighted by atomic mass is 127. The zero-order chi connectivity index (χ0) is 16.0. The first kappa shape index (κ1) is 21.1. The van der Waals surface area contributed by atoms with Crippen molar-refractivity contribution in [2.75, 3.05) is 30.9 Å². The van der Waals surface area contributed by atoms with Crippen LogP contribution in [0, 0.1) is 0 Å². The van der Waals surface area contributed by atoms with E-state index in [-0.39, 0.29) is 12.6 Å². The fourth-order valence-electron chi connectivity index (χ4n) is 1.69. The molecule has 0 aromatic rings. The number of carbonyl (C=O) groups excluding carboxylic acids is 1. The summed E-state index contributed by atoms with van der Waals surface area (Å²) in [6, 6.07) is 0. The molecule has 0 aromatic heterocycles. The molecule has 0 aliphatic rings. The second-order valence-corrected chi connectivity index (χ2v) is 7.14. The predicted molar refractivity (Wildman–Crippen MR) is 94.1 cm³/mol. The molecule has 0 spiro atoms. The highest BCUT2D eigenvalue weighted by Crippen LogP contribution is 2.07. The van der Waals surface area contributed by atoms with Gasteiger partial charge >= 0.3 is 5.97 Å². The lowest BCUT2D eigenvalue weighted by atomic mass is 10.2. The molecular weight excluding hydrogens is 383 g/mol. The molecule has 0 fully saturated rings. The minimum absolute atomic E-state index is 0.0462. The number of ether oxygens (including phenoxy) is 3. The van der Waals surface area contributed by atoms with Crippen LogP contribution < -0.4 is 0 Å². The van der Waals surface area contributed by atoms with Crippen LogP contribution in [0.15, 0.2) is 0 Å². The van der Waals surface area contributed by atoms with Crippen LogP contribution in [-0.2, 0) is 19.0 Å². The molecule has 0 N–H and O–H groups in total. The van der Waals surface area contributed by atoms with E-state index in [1.54, 1.807) is 0 Å². The van der Waals surface area contributed by atoms with Crippen molar-refractivity contribution in [1.82, 2.24) is 0 Å². The van der Waals surface area contributed by atoms with Crippen molar-refractivity contribution in [2.45, 2.75) is 64.9 Å². The number of rotatable bonds is 13. The third-order valence-corrected chi connectivity index (χ3v) is 3.40. The zero-order valence-corrected chi connectivity index (χ0v) is 15.9. The minimum Gasteiger partial charge on any atom is -0.458 e. The first-order valence-electron chi connectivity index (χ1n) is 7.89. The van der Waals surface area contributed by atoms with Crippen LogP contribution in [0.4, 0.5) is 0 Å². The van der Waals surface area contributed by atoms with E-state index >= 15 is 0 Å². The summed E-state index contributed by atoms with van der Waals surface area (Å²) in [7, 11) is 0. The lowest BCUT2D eigenvalue weighted by molar-refractivity contribution is -0.160. The molecule has 4 nitrogen and oxygen atoms in total. The second-order valence-electron chi connectivity index (χ2n) is 6.06. The standard InChI is InChI=1S/C16H31IO4/c1-16(2,3)21-15(18)14-20-13-9-5-8-12-19-11-7-4-6-10-17/h4-14H2,1-3H3. The Kier molecular flexibility index (Phi) is 13.8. The fraction of sp³-hybridized carbons (Fsp3) is 0.938. The summed E-state index contributed by atoms with van der Waals surface area (Å²) in [4.78, 5) is 11.4. The van der Waals surface area contributed by atoms with E-state index < -0.39 is 5.60 Å². The molecule has 0 atom stereocenters. The van der Waals surface area contributed by atoms with Crippen LogP contribution in [0.3, 0.4) is 0 Å². The molecule has 0 aliphatic carbocycles. The highest BCUT2D eigenvalue weighted by Gasteiger charge is 2.15. The van der Waals surface area contributed by atoms with Crippen molar-refractivity contribution >= 4 is 28.6 Å². The third kappa shape index (κ3) is 18.1. The summed E-state index contributed by atoms with van der Waals surface area (Å²) in [5.41, 5.74) is -0.436. The lowest BCUT2D eigenvalue weighted by Crippen LogP contribution is -2.26. The Balaban J connectivity index is 3.17. The molecule has 21 heavy (non-hydrogen) atoms. The summed E-state index contributed by atoms with van der Waals surface area (Å²) in [5.74, 6) is -0.294. The average molecular weight is 414 g/mol. The first-order chi connectivity index (χ1) is 9.95. The van der Waals surface area contributed by atoms with E-state index in [0.29, 0.717) is 6.61 Å². The zero-order valence-electron chi connectivity index (χ0n) is 13.8. The van der Waals surface area contributed by atoms with E-state index in [2.05, 4.69) is 22.6 Å². The molecular formula is C16H31IO4. The first-order valence-corrected chi connectivity index (χ1v) is 9.41. The number of unbranched alkanes of at least 4 members (excludes halogenated alkanes) is 4. The van der Waals surface area contributed by atoms with Gasteiger partial charge in [0, 0.05) is 19.8 Å². The Morgan fingerprint density at radius 2 is 1.38 bits per heavy atom. The van der Waals surface area contributed by atoms with E-state index in [1.807, 2.05) is 20.8 Å². The van der Waals surface area contributed by atoms with Crippen molar-refractivity contribution in [3.63, 3.8) is 0 Å². The van der Waals surface area contributed by atoms with Crippen molar-refractivity contribution in [2.24, 2.45) is 0 Å². The number of alkyl halides is 1. The molecule has 0 aromatic carbocycles. The maximum Gasteiger partial charge on any atom is 0.332 e. The van der Waals surface area contributed by atoms with Crippen molar-refractivity contribution < 1.29 is 19.0 Å². The van der Waals surface area contributed by atoms with Gasteiger partial charge < -0.3 is 14.2 Å². The van der Waals surface area contributed by atoms with Crippen LogP contribution in [-0.4, -0.2) is 42.4 Å². The molecule has 0 unspecified atom stereocenters. The summed E-state index contributed by atoms with van der Waals surface area (Å²) in [6.07, 6.45) is 6.81. The monoisotopic (exact) mass is 414 g/mol. The van der Waals surface area contributed by atoms with E-state index in [9.17, 15) is 4.79 Å². The Hall–Kier alpha value is 0.120. The van der Waals surface area contributed by atoms with E-state index in [0.717, 1.165) is 32.5 Å². The van der Waals surface area contributed by atoms with Gasteiger partial charge in [0.05, 0.1) is 0 Å². The summed E-state index contributed by atoms with van der Waals surface area (Å²) in [5, 5.41) is 0. The summed E-state index contributed by atoms with van der Waals surface area (Å²) < 4.78 is 17.3. The predicted octanol–water partition coefficient (Wildman–Crippen LogP) is 4.14. The van der Waals surface area contributed by atoms with Gasteiger partial charge in [0.1, 0.15) is 12.2 Å². The molecule has 126 valence electrons. The Morgan fingerprint density at radius 3 is 1.90 bits per heavy atom. The maximum absolute atomic E-state index is 11.4. The van der Waals surface area contributed by atoms with Gasteiger partial charge in [-0.25, -0.2) is 4.79 Å². The van der Waals surface area contributed by atoms with Gasteiger partial charge in [0.15, 0.2) is 0 Å². The normalized spacial score (nSPS) is 11.6. The lowest BCUT2D eigenvalue weighted by Gasteiger charge is -2.19. The Labute approximate surface area is 143 Å². The van der Waals surface area contributed by atoms with Crippen molar-refractivity contribution in [3.8, 4) is 0 Å². The molecule has 0 rings (SSSR count). The molecule has 0 amide bonds. The third-order valence-electron chi connectivity index (χ3n) is 2.64. The van der Waals surface area contributed by atoms with Crippen LogP contribution >= 0.6 is 22.6 Å². The molecule has 0 saturated carbocycles. The fourth-order valence-corrected chi connectivity index (χ4v) is 2.23. The summed E-state index contributed by atoms with van der Waals surface area (Å²) in [6.45, 7) is 7.92. The molecule has 0 heterocycles. The van der Waals surface area contributed by atoms with Crippen LogP contribution in [0.25, 0.3) is 0 Å². The number of carbonyl (C=O) groups is 1. The molecule has 0 aliphatic heterocycles. The van der Waals surface area contributed by atoms with Gasteiger partial charge in [0.2, 0.25) is 0 Å². The topological polar surface area (TPSA) is 44.8 Å². The Morgan fingerprint density at radius 1 is 0.857 bits per heavy atom. The number of halogens is 1.